The van der Waals surface area contributed by atoms with Crippen LogP contribution in [0.1, 0.15) is 25.5 Å². The summed E-state index contributed by atoms with van der Waals surface area (Å²) in [6.07, 6.45) is 7.10. The number of aromatic nitrogens is 4. The predicted octanol–water partition coefficient (Wildman–Crippen LogP) is 3.54. The van der Waals surface area contributed by atoms with Crippen molar-refractivity contribution < 1.29 is 4.74 Å². The molecule has 126 valence electrons. The molecule has 0 spiro atoms. The van der Waals surface area contributed by atoms with Crippen molar-refractivity contribution in [2.75, 3.05) is 12.4 Å². The second-order valence-electron chi connectivity index (χ2n) is 5.75. The minimum atomic E-state index is 0.296. The van der Waals surface area contributed by atoms with Gasteiger partial charge in [-0.25, -0.2) is 9.97 Å². The molecule has 0 atom stereocenters. The monoisotopic (exact) mass is 334 g/mol. The molecule has 7 nitrogen and oxygen atoms in total. The highest BCUT2D eigenvalue weighted by Crippen LogP contribution is 2.26. The van der Waals surface area contributed by atoms with Crippen LogP contribution in [0.15, 0.2) is 43.0 Å². The molecule has 1 aromatic carbocycles. The molecule has 3 rings (SSSR count). The van der Waals surface area contributed by atoms with Crippen molar-refractivity contribution in [2.45, 2.75) is 19.9 Å². The maximum atomic E-state index is 9.05. The van der Waals surface area contributed by atoms with Crippen LogP contribution in [0, 0.1) is 11.3 Å². The summed E-state index contributed by atoms with van der Waals surface area (Å²) in [7, 11) is 1.54. The molecule has 0 saturated heterocycles. The van der Waals surface area contributed by atoms with Crippen molar-refractivity contribution in [1.29, 1.82) is 5.26 Å². The van der Waals surface area contributed by atoms with E-state index >= 15 is 0 Å². The number of hydrogen-bond acceptors (Lipinski definition) is 6. The third-order valence-corrected chi connectivity index (χ3v) is 3.69. The zero-order chi connectivity index (χ0) is 17.8. The van der Waals surface area contributed by atoms with E-state index in [0.29, 0.717) is 23.3 Å². The molecule has 0 radical (unpaired) electrons. The topological polar surface area (TPSA) is 88.7 Å². The van der Waals surface area contributed by atoms with E-state index in [4.69, 9.17) is 10.00 Å². The van der Waals surface area contributed by atoms with Crippen molar-refractivity contribution >= 4 is 11.6 Å². The Morgan fingerprint density at radius 3 is 2.52 bits per heavy atom. The van der Waals surface area contributed by atoms with Crippen LogP contribution in [0.2, 0.25) is 0 Å². The van der Waals surface area contributed by atoms with Crippen LogP contribution in [0.4, 0.5) is 11.6 Å². The predicted molar refractivity (Wildman–Crippen MR) is 94.6 cm³/mol. The molecule has 2 heterocycles. The summed E-state index contributed by atoms with van der Waals surface area (Å²) in [6.45, 7) is 4.13. The SMILES string of the molecule is COc1cc(-c2cnc(Nc3cnn(C(C)C)c3)nc2)ccc1C#N. The largest absolute Gasteiger partial charge is 0.495 e. The molecule has 7 heteroatoms. The van der Waals surface area contributed by atoms with Crippen molar-refractivity contribution in [3.05, 3.63) is 48.5 Å². The van der Waals surface area contributed by atoms with Crippen molar-refractivity contribution in [2.24, 2.45) is 0 Å². The molecule has 2 aromatic heterocycles. The Morgan fingerprint density at radius 1 is 1.16 bits per heavy atom. The van der Waals surface area contributed by atoms with Crippen molar-refractivity contribution in [3.63, 3.8) is 0 Å². The molecule has 0 aliphatic carbocycles. The van der Waals surface area contributed by atoms with E-state index in [9.17, 15) is 0 Å². The van der Waals surface area contributed by atoms with Gasteiger partial charge >= 0.3 is 0 Å². The first-order valence-electron chi connectivity index (χ1n) is 7.82. The smallest absolute Gasteiger partial charge is 0.227 e. The summed E-state index contributed by atoms with van der Waals surface area (Å²) in [5, 5.41) is 16.4. The minimum absolute atomic E-state index is 0.296. The Morgan fingerprint density at radius 2 is 1.92 bits per heavy atom. The maximum Gasteiger partial charge on any atom is 0.227 e. The Labute approximate surface area is 145 Å². The van der Waals surface area contributed by atoms with E-state index in [-0.39, 0.29) is 0 Å². The fraction of sp³-hybridized carbons (Fsp3) is 0.222. The van der Waals surface area contributed by atoms with Crippen molar-refractivity contribution in [3.8, 4) is 22.9 Å². The van der Waals surface area contributed by atoms with E-state index in [1.165, 1.54) is 0 Å². The number of ether oxygens (including phenoxy) is 1. The number of nitrogens with one attached hydrogen (secondary N) is 1. The molecule has 0 bridgehead atoms. The molecule has 0 aliphatic heterocycles. The number of anilines is 2. The molecule has 0 aliphatic rings. The van der Waals surface area contributed by atoms with Gasteiger partial charge in [-0.3, -0.25) is 4.68 Å². The lowest BCUT2D eigenvalue weighted by atomic mass is 10.1. The second kappa shape index (κ2) is 7.01. The van der Waals surface area contributed by atoms with Gasteiger partial charge in [0.25, 0.3) is 0 Å². The van der Waals surface area contributed by atoms with Gasteiger partial charge in [0.15, 0.2) is 0 Å². The molecule has 0 fully saturated rings. The van der Waals surface area contributed by atoms with Gasteiger partial charge in [-0.2, -0.15) is 10.4 Å². The van der Waals surface area contributed by atoms with Crippen LogP contribution in [0.3, 0.4) is 0 Å². The number of rotatable bonds is 5. The van der Waals surface area contributed by atoms with Gasteiger partial charge < -0.3 is 10.1 Å². The third-order valence-electron chi connectivity index (χ3n) is 3.69. The standard InChI is InChI=1S/C18H18N6O/c1-12(2)24-11-16(10-22-24)23-18-20-8-15(9-21-18)13-4-5-14(7-19)17(6-13)25-3/h4-6,8-12H,1-3H3,(H,20,21,23). The summed E-state index contributed by atoms with van der Waals surface area (Å²) in [6, 6.07) is 7.77. The third kappa shape index (κ3) is 3.58. The number of hydrogen-bond donors (Lipinski definition) is 1. The molecular formula is C18H18N6O. The Bertz CT molecular complexity index is 908. The lowest BCUT2D eigenvalue weighted by molar-refractivity contribution is 0.413. The lowest BCUT2D eigenvalue weighted by Gasteiger charge is -2.07. The zero-order valence-electron chi connectivity index (χ0n) is 14.3. The molecule has 0 unspecified atom stereocenters. The summed E-state index contributed by atoms with van der Waals surface area (Å²) in [5.74, 6) is 1.02. The summed E-state index contributed by atoms with van der Waals surface area (Å²) < 4.78 is 7.10. The number of methoxy groups -OCH3 is 1. The average molecular weight is 334 g/mol. The molecule has 0 saturated carbocycles. The summed E-state index contributed by atoms with van der Waals surface area (Å²) >= 11 is 0. The number of nitrogens with zero attached hydrogens (tertiary/aromatic N) is 5. The maximum absolute atomic E-state index is 9.05. The van der Waals surface area contributed by atoms with Gasteiger partial charge in [0.2, 0.25) is 5.95 Å². The van der Waals surface area contributed by atoms with Gasteiger partial charge in [0.05, 0.1) is 24.6 Å². The van der Waals surface area contributed by atoms with Crippen molar-refractivity contribution in [1.82, 2.24) is 19.7 Å². The molecular weight excluding hydrogens is 316 g/mol. The highest BCUT2D eigenvalue weighted by atomic mass is 16.5. The first-order valence-corrected chi connectivity index (χ1v) is 7.82. The van der Waals surface area contributed by atoms with Crippen LogP contribution in [0.25, 0.3) is 11.1 Å². The molecule has 3 aromatic rings. The van der Waals surface area contributed by atoms with Gasteiger partial charge in [-0.05, 0) is 31.5 Å². The first kappa shape index (κ1) is 16.5. The van der Waals surface area contributed by atoms with E-state index in [2.05, 4.69) is 40.3 Å². The van der Waals surface area contributed by atoms with Gasteiger partial charge in [-0.15, -0.1) is 0 Å². The minimum Gasteiger partial charge on any atom is -0.495 e. The van der Waals surface area contributed by atoms with Crippen LogP contribution in [-0.2, 0) is 0 Å². The van der Waals surface area contributed by atoms with Crippen LogP contribution >= 0.6 is 0 Å². The van der Waals surface area contributed by atoms with Gasteiger partial charge in [0, 0.05) is 30.2 Å². The highest BCUT2D eigenvalue weighted by Gasteiger charge is 2.07. The van der Waals surface area contributed by atoms with Gasteiger partial charge in [0.1, 0.15) is 11.8 Å². The lowest BCUT2D eigenvalue weighted by Crippen LogP contribution is -2.00. The van der Waals surface area contributed by atoms with E-state index in [1.54, 1.807) is 37.8 Å². The molecule has 1 N–H and O–H groups in total. The van der Waals surface area contributed by atoms with Gasteiger partial charge in [-0.1, -0.05) is 6.07 Å². The zero-order valence-corrected chi connectivity index (χ0v) is 14.3. The second-order valence-corrected chi connectivity index (χ2v) is 5.75. The van der Waals surface area contributed by atoms with E-state index < -0.39 is 0 Å². The summed E-state index contributed by atoms with van der Waals surface area (Å²) in [4.78, 5) is 8.67. The normalized spacial score (nSPS) is 10.5. The Kier molecular flexibility index (Phi) is 4.61. The number of benzene rings is 1. The average Bonchev–Trinajstić information content (AvgIpc) is 3.10. The fourth-order valence-electron chi connectivity index (χ4n) is 2.32. The van der Waals surface area contributed by atoms with Crippen LogP contribution < -0.4 is 10.1 Å². The quantitative estimate of drug-likeness (QED) is 0.767. The fourth-order valence-corrected chi connectivity index (χ4v) is 2.32. The van der Waals surface area contributed by atoms with Crippen LogP contribution in [0.5, 0.6) is 5.75 Å². The number of nitriles is 1. The highest BCUT2D eigenvalue weighted by molar-refractivity contribution is 5.66. The van der Waals surface area contributed by atoms with Crippen LogP contribution in [-0.4, -0.2) is 26.9 Å². The van der Waals surface area contributed by atoms with E-state index in [0.717, 1.165) is 16.8 Å². The Balaban J connectivity index is 1.79. The molecule has 25 heavy (non-hydrogen) atoms. The first-order chi connectivity index (χ1) is 12.1. The Hall–Kier alpha value is -3.40. The molecule has 0 amide bonds. The van der Waals surface area contributed by atoms with E-state index in [1.807, 2.05) is 16.9 Å². The summed E-state index contributed by atoms with van der Waals surface area (Å²) in [5.41, 5.74) is 3.05.